The van der Waals surface area contributed by atoms with Gasteiger partial charge in [-0.05, 0) is 38.0 Å². The zero-order valence-corrected chi connectivity index (χ0v) is 15.8. The van der Waals surface area contributed by atoms with Crippen LogP contribution in [0.3, 0.4) is 0 Å². The molecule has 2 aliphatic heterocycles. The molecule has 1 aromatic carbocycles. The minimum Gasteiger partial charge on any atom is -0.378 e. The highest BCUT2D eigenvalue weighted by Crippen LogP contribution is 2.23. The Hall–Kier alpha value is -2.74. The number of ether oxygens (including phenoxy) is 1. The average molecular weight is 386 g/mol. The van der Waals surface area contributed by atoms with Crippen LogP contribution in [-0.2, 0) is 9.53 Å². The highest BCUT2D eigenvalue weighted by molar-refractivity contribution is 5.96. The van der Waals surface area contributed by atoms with Crippen LogP contribution in [0.1, 0.15) is 29.0 Å². The summed E-state index contributed by atoms with van der Waals surface area (Å²) in [5.41, 5.74) is 1.17. The van der Waals surface area contributed by atoms with Crippen LogP contribution in [0.2, 0.25) is 0 Å². The third-order valence-corrected chi connectivity index (χ3v) is 5.31. The lowest BCUT2D eigenvalue weighted by molar-refractivity contribution is -0.139. The topological polar surface area (TPSA) is 67.7 Å². The number of benzene rings is 1. The van der Waals surface area contributed by atoms with E-state index in [0.717, 1.165) is 6.42 Å². The summed E-state index contributed by atoms with van der Waals surface area (Å²) < 4.78 is 20.9. The molecule has 1 aromatic heterocycles. The van der Waals surface area contributed by atoms with Crippen molar-refractivity contribution in [1.29, 1.82) is 0 Å². The number of para-hydroxylation sites is 1. The number of aryl methyl sites for hydroxylation is 1. The van der Waals surface area contributed by atoms with Gasteiger partial charge in [0.25, 0.3) is 5.91 Å². The summed E-state index contributed by atoms with van der Waals surface area (Å²) in [7, 11) is 0. The lowest BCUT2D eigenvalue weighted by atomic mass is 10.1. The molecule has 2 aliphatic rings. The first-order valence-electron chi connectivity index (χ1n) is 9.55. The molecular formula is C20H23FN4O3. The van der Waals surface area contributed by atoms with Gasteiger partial charge in [0.05, 0.1) is 13.2 Å². The van der Waals surface area contributed by atoms with Crippen molar-refractivity contribution in [3.05, 3.63) is 47.5 Å². The van der Waals surface area contributed by atoms with E-state index in [2.05, 4.69) is 5.10 Å². The lowest BCUT2D eigenvalue weighted by Gasteiger charge is -2.32. The number of nitrogens with zero attached hydrogens (tertiary/aromatic N) is 4. The monoisotopic (exact) mass is 386 g/mol. The van der Waals surface area contributed by atoms with Crippen LogP contribution in [0.15, 0.2) is 30.3 Å². The molecule has 148 valence electrons. The van der Waals surface area contributed by atoms with Gasteiger partial charge in [-0.2, -0.15) is 5.10 Å². The normalized spacial score (nSPS) is 19.9. The molecule has 1 atom stereocenters. The van der Waals surface area contributed by atoms with Gasteiger partial charge in [0.15, 0.2) is 5.69 Å². The van der Waals surface area contributed by atoms with Crippen molar-refractivity contribution < 1.29 is 18.7 Å². The Kier molecular flexibility index (Phi) is 5.13. The largest absolute Gasteiger partial charge is 0.378 e. The molecule has 8 heteroatoms. The van der Waals surface area contributed by atoms with Crippen molar-refractivity contribution in [1.82, 2.24) is 19.6 Å². The number of amides is 2. The maximum atomic E-state index is 14.1. The average Bonchev–Trinajstić information content (AvgIpc) is 3.35. The summed E-state index contributed by atoms with van der Waals surface area (Å²) in [4.78, 5) is 29.3. The van der Waals surface area contributed by atoms with Crippen molar-refractivity contribution >= 4 is 11.8 Å². The van der Waals surface area contributed by atoms with E-state index in [1.165, 1.54) is 10.7 Å². The van der Waals surface area contributed by atoms with E-state index in [-0.39, 0.29) is 17.5 Å². The van der Waals surface area contributed by atoms with Crippen molar-refractivity contribution in [2.45, 2.75) is 25.8 Å². The van der Waals surface area contributed by atoms with E-state index < -0.39 is 11.9 Å². The number of likely N-dealkylation sites (tertiary alicyclic amines) is 1. The van der Waals surface area contributed by atoms with Crippen LogP contribution < -0.4 is 0 Å². The van der Waals surface area contributed by atoms with Crippen LogP contribution in [0.4, 0.5) is 4.39 Å². The SMILES string of the molecule is Cc1cc(C(=O)N2CCCC2C(=O)N2CCOCC2)nn1-c1ccccc1F. The number of hydrogen-bond acceptors (Lipinski definition) is 4. The Balaban J connectivity index is 1.56. The van der Waals surface area contributed by atoms with Crippen LogP contribution in [0, 0.1) is 12.7 Å². The van der Waals surface area contributed by atoms with Gasteiger partial charge in [-0.25, -0.2) is 9.07 Å². The van der Waals surface area contributed by atoms with E-state index >= 15 is 0 Å². The van der Waals surface area contributed by atoms with Gasteiger partial charge in [-0.3, -0.25) is 9.59 Å². The summed E-state index contributed by atoms with van der Waals surface area (Å²) in [5, 5.41) is 4.33. The molecule has 4 rings (SSSR count). The predicted octanol–water partition coefficient (Wildman–Crippen LogP) is 1.78. The molecule has 2 fully saturated rings. The Bertz CT molecular complexity index is 891. The van der Waals surface area contributed by atoms with Gasteiger partial charge >= 0.3 is 0 Å². The number of carbonyl (C=O) groups excluding carboxylic acids is 2. The van der Waals surface area contributed by atoms with Gasteiger partial charge < -0.3 is 14.5 Å². The first kappa shape index (κ1) is 18.6. The first-order chi connectivity index (χ1) is 13.6. The maximum absolute atomic E-state index is 14.1. The number of aromatic nitrogens is 2. The lowest BCUT2D eigenvalue weighted by Crippen LogP contribution is -2.51. The Morgan fingerprint density at radius 1 is 1.18 bits per heavy atom. The third-order valence-electron chi connectivity index (χ3n) is 5.31. The summed E-state index contributed by atoms with van der Waals surface area (Å²) in [6.07, 6.45) is 1.43. The third kappa shape index (κ3) is 3.40. The van der Waals surface area contributed by atoms with E-state index in [9.17, 15) is 14.0 Å². The summed E-state index contributed by atoms with van der Waals surface area (Å²) in [6.45, 7) is 4.45. The zero-order valence-electron chi connectivity index (χ0n) is 15.8. The van der Waals surface area contributed by atoms with Crippen LogP contribution in [-0.4, -0.2) is 70.3 Å². The number of halogens is 1. The molecule has 28 heavy (non-hydrogen) atoms. The Morgan fingerprint density at radius 2 is 1.93 bits per heavy atom. The van der Waals surface area contributed by atoms with Crippen molar-refractivity contribution in [2.24, 2.45) is 0 Å². The summed E-state index contributed by atoms with van der Waals surface area (Å²) in [5.74, 6) is -0.726. The predicted molar refractivity (Wildman–Crippen MR) is 99.7 cm³/mol. The Labute approximate surface area is 162 Å². The molecular weight excluding hydrogens is 363 g/mol. The first-order valence-corrected chi connectivity index (χ1v) is 9.55. The number of hydrogen-bond donors (Lipinski definition) is 0. The maximum Gasteiger partial charge on any atom is 0.275 e. The van der Waals surface area contributed by atoms with E-state index in [4.69, 9.17) is 4.74 Å². The fourth-order valence-electron chi connectivity index (χ4n) is 3.85. The minimum atomic E-state index is -0.468. The molecule has 0 saturated carbocycles. The molecule has 3 heterocycles. The fourth-order valence-corrected chi connectivity index (χ4v) is 3.85. The van der Waals surface area contributed by atoms with Crippen LogP contribution in [0.5, 0.6) is 0 Å². The fraction of sp³-hybridized carbons (Fsp3) is 0.450. The molecule has 2 saturated heterocycles. The second kappa shape index (κ2) is 7.71. The van der Waals surface area contributed by atoms with Crippen molar-refractivity contribution in [3.63, 3.8) is 0 Å². The molecule has 0 radical (unpaired) electrons. The molecule has 0 bridgehead atoms. The molecule has 1 unspecified atom stereocenters. The summed E-state index contributed by atoms with van der Waals surface area (Å²) in [6, 6.07) is 7.47. The minimum absolute atomic E-state index is 0.0283. The molecule has 0 N–H and O–H groups in total. The second-order valence-electron chi connectivity index (χ2n) is 7.13. The summed E-state index contributed by atoms with van der Waals surface area (Å²) >= 11 is 0. The number of carbonyl (C=O) groups is 2. The molecule has 0 spiro atoms. The second-order valence-corrected chi connectivity index (χ2v) is 7.13. The number of rotatable bonds is 3. The zero-order chi connectivity index (χ0) is 19.7. The highest BCUT2D eigenvalue weighted by atomic mass is 19.1. The van der Waals surface area contributed by atoms with Crippen molar-refractivity contribution in [2.75, 3.05) is 32.8 Å². The van der Waals surface area contributed by atoms with E-state index in [1.807, 2.05) is 0 Å². The van der Waals surface area contributed by atoms with Crippen LogP contribution >= 0.6 is 0 Å². The van der Waals surface area contributed by atoms with Gasteiger partial charge in [0.1, 0.15) is 17.5 Å². The standard InChI is InChI=1S/C20H23FN4O3/c1-14-13-16(22-25(14)17-6-3-2-5-15(17)21)19(26)24-8-4-7-18(24)20(27)23-9-11-28-12-10-23/h2-3,5-6,13,18H,4,7-12H2,1H3. The highest BCUT2D eigenvalue weighted by Gasteiger charge is 2.38. The quantitative estimate of drug-likeness (QED) is 0.807. The molecule has 0 aliphatic carbocycles. The molecule has 2 amide bonds. The van der Waals surface area contributed by atoms with E-state index in [0.29, 0.717) is 50.7 Å². The smallest absolute Gasteiger partial charge is 0.275 e. The van der Waals surface area contributed by atoms with Gasteiger partial charge in [-0.1, -0.05) is 12.1 Å². The van der Waals surface area contributed by atoms with E-state index in [1.54, 1.807) is 41.0 Å². The van der Waals surface area contributed by atoms with Gasteiger partial charge in [0, 0.05) is 25.3 Å². The molecule has 2 aromatic rings. The van der Waals surface area contributed by atoms with Crippen LogP contribution in [0.25, 0.3) is 5.69 Å². The molecule has 7 nitrogen and oxygen atoms in total. The number of morpholine rings is 1. The van der Waals surface area contributed by atoms with Crippen molar-refractivity contribution in [3.8, 4) is 5.69 Å². The van der Waals surface area contributed by atoms with Gasteiger partial charge in [-0.15, -0.1) is 0 Å². The Morgan fingerprint density at radius 3 is 2.68 bits per heavy atom. The van der Waals surface area contributed by atoms with Gasteiger partial charge in [0.2, 0.25) is 5.91 Å².